The fraction of sp³-hybridized carbons (Fsp3) is 0.200. The van der Waals surface area contributed by atoms with Gasteiger partial charge in [-0.2, -0.15) is 0 Å². The van der Waals surface area contributed by atoms with E-state index < -0.39 is 17.6 Å². The van der Waals surface area contributed by atoms with Crippen LogP contribution in [0.5, 0.6) is 0 Å². The number of halogens is 2. The molecule has 3 rings (SSSR count). The van der Waals surface area contributed by atoms with Gasteiger partial charge >= 0.3 is 0 Å². The van der Waals surface area contributed by atoms with Crippen LogP contribution in [0.4, 0.5) is 15.2 Å². The van der Waals surface area contributed by atoms with Crippen molar-refractivity contribution in [3.63, 3.8) is 0 Å². The second-order valence-corrected chi connectivity index (χ2v) is 7.62. The first kappa shape index (κ1) is 22.4. The minimum atomic E-state index is -0.650. The minimum Gasteiger partial charge on any atom is -0.467 e. The van der Waals surface area contributed by atoms with E-state index in [1.807, 2.05) is 0 Å². The van der Waals surface area contributed by atoms with Crippen LogP contribution < -0.4 is 15.5 Å². The molecule has 0 atom stereocenters. The van der Waals surface area contributed by atoms with Crippen LogP contribution in [0.25, 0.3) is 0 Å². The molecule has 2 heterocycles. The first-order valence-corrected chi connectivity index (χ1v) is 10.4. The number of nitrogens with zero attached hydrogens (tertiary/aromatic N) is 2. The number of anilines is 2. The summed E-state index contributed by atoms with van der Waals surface area (Å²) in [5.41, 5.74) is 0.241. The van der Waals surface area contributed by atoms with Crippen LogP contribution in [-0.2, 0) is 20.9 Å². The predicted molar refractivity (Wildman–Crippen MR) is 114 cm³/mol. The monoisotopic (exact) mass is 464 g/mol. The van der Waals surface area contributed by atoms with Crippen molar-refractivity contribution in [2.75, 3.05) is 16.8 Å². The lowest BCUT2D eigenvalue weighted by molar-refractivity contribution is -0.125. The van der Waals surface area contributed by atoms with Crippen LogP contribution in [0.3, 0.4) is 0 Å². The molecule has 0 radical (unpaired) electrons. The highest BCUT2D eigenvalue weighted by Gasteiger charge is 2.21. The quantitative estimate of drug-likeness (QED) is 0.503. The second kappa shape index (κ2) is 10.7. The standard InChI is InChI=1S/C20H18ClFN4O4S/c21-15-10-13(3-4-16(15)22)26(12-18(28)24-11-14-2-1-8-30-14)19(29)6-5-17(27)25-20-23-7-9-31-20/h1-4,7-10H,5-6,11-12H2,(H,24,28)(H,23,25,27). The molecule has 0 unspecified atom stereocenters. The number of carbonyl (C=O) groups is 3. The maximum atomic E-state index is 13.6. The topological polar surface area (TPSA) is 105 Å². The summed E-state index contributed by atoms with van der Waals surface area (Å²) in [7, 11) is 0. The highest BCUT2D eigenvalue weighted by atomic mass is 35.5. The van der Waals surface area contributed by atoms with E-state index in [9.17, 15) is 18.8 Å². The van der Waals surface area contributed by atoms with E-state index in [1.54, 1.807) is 23.7 Å². The zero-order chi connectivity index (χ0) is 22.2. The second-order valence-electron chi connectivity index (χ2n) is 6.32. The van der Waals surface area contributed by atoms with Gasteiger partial charge in [0.25, 0.3) is 0 Å². The zero-order valence-electron chi connectivity index (χ0n) is 16.1. The molecular weight excluding hydrogens is 447 g/mol. The maximum absolute atomic E-state index is 13.6. The average molecular weight is 465 g/mol. The van der Waals surface area contributed by atoms with E-state index >= 15 is 0 Å². The fourth-order valence-corrected chi connectivity index (χ4v) is 3.32. The van der Waals surface area contributed by atoms with Crippen LogP contribution >= 0.6 is 22.9 Å². The number of hydrogen-bond acceptors (Lipinski definition) is 6. The molecule has 0 saturated heterocycles. The molecule has 0 spiro atoms. The van der Waals surface area contributed by atoms with Gasteiger partial charge in [0.05, 0.1) is 17.8 Å². The van der Waals surface area contributed by atoms with Crippen molar-refractivity contribution in [2.45, 2.75) is 19.4 Å². The third-order valence-electron chi connectivity index (χ3n) is 4.10. The number of rotatable bonds is 9. The van der Waals surface area contributed by atoms with Crippen molar-refractivity contribution in [1.29, 1.82) is 0 Å². The SMILES string of the molecule is O=C(CN(C(=O)CCC(=O)Nc1nccs1)c1ccc(F)c(Cl)c1)NCc1ccco1. The van der Waals surface area contributed by atoms with E-state index in [1.165, 1.54) is 29.7 Å². The molecule has 11 heteroatoms. The Balaban J connectivity index is 1.65. The lowest BCUT2D eigenvalue weighted by atomic mass is 10.2. The summed E-state index contributed by atoms with van der Waals surface area (Å²) in [6, 6.07) is 7.09. The molecule has 1 aromatic carbocycles. The normalized spacial score (nSPS) is 10.5. The van der Waals surface area contributed by atoms with Crippen LogP contribution in [0.1, 0.15) is 18.6 Å². The molecule has 0 bridgehead atoms. The Labute approximate surface area is 186 Å². The van der Waals surface area contributed by atoms with E-state index in [4.69, 9.17) is 16.0 Å². The molecule has 0 saturated carbocycles. The average Bonchev–Trinajstić information content (AvgIpc) is 3.45. The van der Waals surface area contributed by atoms with Gasteiger partial charge in [-0.3, -0.25) is 14.4 Å². The summed E-state index contributed by atoms with van der Waals surface area (Å²) in [6.45, 7) is -0.191. The maximum Gasteiger partial charge on any atom is 0.240 e. The number of thiazole rings is 1. The molecule has 31 heavy (non-hydrogen) atoms. The van der Waals surface area contributed by atoms with Gasteiger partial charge in [0, 0.05) is 30.1 Å². The van der Waals surface area contributed by atoms with Crippen molar-refractivity contribution in [2.24, 2.45) is 0 Å². The first-order valence-electron chi connectivity index (χ1n) is 9.16. The number of carbonyl (C=O) groups excluding carboxylic acids is 3. The number of hydrogen-bond donors (Lipinski definition) is 2. The lowest BCUT2D eigenvalue weighted by Crippen LogP contribution is -2.41. The molecule has 162 valence electrons. The van der Waals surface area contributed by atoms with Crippen LogP contribution in [-0.4, -0.2) is 29.3 Å². The molecule has 8 nitrogen and oxygen atoms in total. The van der Waals surface area contributed by atoms with E-state index in [2.05, 4.69) is 15.6 Å². The van der Waals surface area contributed by atoms with E-state index in [0.717, 1.165) is 11.0 Å². The number of aromatic nitrogens is 1. The minimum absolute atomic E-state index is 0.113. The third-order valence-corrected chi connectivity index (χ3v) is 5.08. The van der Waals surface area contributed by atoms with Crippen LogP contribution in [0.2, 0.25) is 5.02 Å². The van der Waals surface area contributed by atoms with Crippen molar-refractivity contribution in [3.05, 3.63) is 64.8 Å². The van der Waals surface area contributed by atoms with Crippen molar-refractivity contribution in [3.8, 4) is 0 Å². The Morgan fingerprint density at radius 3 is 2.71 bits per heavy atom. The summed E-state index contributed by atoms with van der Waals surface area (Å²) >= 11 is 7.09. The van der Waals surface area contributed by atoms with Crippen molar-refractivity contribution >= 4 is 51.5 Å². The van der Waals surface area contributed by atoms with Gasteiger partial charge in [-0.15, -0.1) is 11.3 Å². The molecule has 0 aliphatic heterocycles. The van der Waals surface area contributed by atoms with Crippen molar-refractivity contribution < 1.29 is 23.2 Å². The van der Waals surface area contributed by atoms with Gasteiger partial charge in [-0.25, -0.2) is 9.37 Å². The van der Waals surface area contributed by atoms with Gasteiger partial charge in [0.2, 0.25) is 17.7 Å². The largest absolute Gasteiger partial charge is 0.467 e. The van der Waals surface area contributed by atoms with Crippen LogP contribution in [0, 0.1) is 5.82 Å². The van der Waals surface area contributed by atoms with Gasteiger partial charge in [-0.1, -0.05) is 11.6 Å². The molecule has 2 aromatic heterocycles. The first-order chi connectivity index (χ1) is 14.9. The molecule has 2 N–H and O–H groups in total. The molecule has 3 aromatic rings. The summed E-state index contributed by atoms with van der Waals surface area (Å²) in [5, 5.41) is 7.18. The molecule has 0 aliphatic rings. The highest BCUT2D eigenvalue weighted by molar-refractivity contribution is 7.13. The Bertz CT molecular complexity index is 1040. The fourth-order valence-electron chi connectivity index (χ4n) is 2.60. The Hall–Kier alpha value is -3.24. The lowest BCUT2D eigenvalue weighted by Gasteiger charge is -2.22. The number of nitrogens with one attached hydrogen (secondary N) is 2. The predicted octanol–water partition coefficient (Wildman–Crippen LogP) is 3.60. The van der Waals surface area contributed by atoms with E-state index in [0.29, 0.717) is 10.9 Å². The third kappa shape index (κ3) is 6.63. The zero-order valence-corrected chi connectivity index (χ0v) is 17.7. The molecule has 0 fully saturated rings. The van der Waals surface area contributed by atoms with Gasteiger partial charge < -0.3 is 20.0 Å². The summed E-state index contributed by atoms with van der Waals surface area (Å²) < 4.78 is 18.7. The number of amides is 3. The summed E-state index contributed by atoms with van der Waals surface area (Å²) in [5.74, 6) is -1.44. The highest BCUT2D eigenvalue weighted by Crippen LogP contribution is 2.23. The molecule has 0 aliphatic carbocycles. The number of benzene rings is 1. The Kier molecular flexibility index (Phi) is 7.74. The van der Waals surface area contributed by atoms with Gasteiger partial charge in [0.1, 0.15) is 18.1 Å². The van der Waals surface area contributed by atoms with Gasteiger partial charge in [-0.05, 0) is 30.3 Å². The summed E-state index contributed by atoms with van der Waals surface area (Å²) in [4.78, 5) is 42.4. The number of furan rings is 1. The van der Waals surface area contributed by atoms with Crippen LogP contribution in [0.15, 0.2) is 52.6 Å². The smallest absolute Gasteiger partial charge is 0.240 e. The Morgan fingerprint density at radius 1 is 1.19 bits per heavy atom. The molecule has 3 amide bonds. The summed E-state index contributed by atoms with van der Waals surface area (Å²) in [6.07, 6.45) is 2.75. The van der Waals surface area contributed by atoms with E-state index in [-0.39, 0.29) is 42.5 Å². The van der Waals surface area contributed by atoms with Crippen molar-refractivity contribution in [1.82, 2.24) is 10.3 Å². The Morgan fingerprint density at radius 2 is 2.03 bits per heavy atom. The molecular formula is C20H18ClFN4O4S. The van der Waals surface area contributed by atoms with Gasteiger partial charge in [0.15, 0.2) is 5.13 Å².